The van der Waals surface area contributed by atoms with E-state index in [1.165, 1.54) is 27.4 Å². The van der Waals surface area contributed by atoms with Gasteiger partial charge in [-0.25, -0.2) is 0 Å². The highest BCUT2D eigenvalue weighted by molar-refractivity contribution is 6.11. The fourth-order valence-corrected chi connectivity index (χ4v) is 8.61. The number of ether oxygens (including phenoxy) is 1. The number of benzene rings is 3. The molecule has 0 saturated heterocycles. The summed E-state index contributed by atoms with van der Waals surface area (Å²) in [6, 6.07) is 34.3. The van der Waals surface area contributed by atoms with Crippen LogP contribution in [0.25, 0.3) is 55.7 Å². The molecule has 0 fully saturated rings. The Bertz CT molecular complexity index is 2630. The van der Waals surface area contributed by atoms with E-state index in [1.807, 2.05) is 24.5 Å². The standard InChI is InChI=1S/C39H26N6O/c1-23-35(26-15-17-29(41-22-26)25-9-8-19-40-21-25)24(2)45-39-36-31(44(23)45)12-7-13-32(36)46-33-18-16-28-27-10-3-4-11-30(27)43(38(28)37(33)39)34-14-5-6-20-42(34)39/h3-22H,1-2H3/q+2. The molecular weight excluding hydrogens is 568 g/mol. The Kier molecular flexibility index (Phi) is 4.29. The molecule has 8 heterocycles. The van der Waals surface area contributed by atoms with Gasteiger partial charge >= 0.3 is 5.66 Å². The number of hydrogen-bond acceptors (Lipinski definition) is 3. The third-order valence-electron chi connectivity index (χ3n) is 10.2. The van der Waals surface area contributed by atoms with Gasteiger partial charge in [0.15, 0.2) is 11.1 Å². The summed E-state index contributed by atoms with van der Waals surface area (Å²) in [5.74, 6) is 2.88. The highest BCUT2D eigenvalue weighted by atomic mass is 16.5. The Morgan fingerprint density at radius 1 is 0.739 bits per heavy atom. The van der Waals surface area contributed by atoms with E-state index in [-0.39, 0.29) is 0 Å². The number of fused-ring (bicyclic) bond motifs is 7. The van der Waals surface area contributed by atoms with Gasteiger partial charge < -0.3 is 4.74 Å². The van der Waals surface area contributed by atoms with Crippen molar-refractivity contribution < 1.29 is 14.0 Å². The van der Waals surface area contributed by atoms with Gasteiger partial charge in [0.1, 0.15) is 28.3 Å². The average Bonchev–Trinajstić information content (AvgIpc) is 3.70. The van der Waals surface area contributed by atoms with Gasteiger partial charge in [0.05, 0.1) is 23.1 Å². The summed E-state index contributed by atoms with van der Waals surface area (Å²) >= 11 is 0. The molecule has 0 radical (unpaired) electrons. The fourth-order valence-electron chi connectivity index (χ4n) is 8.61. The third kappa shape index (κ3) is 2.60. The van der Waals surface area contributed by atoms with Crippen LogP contribution in [0.4, 0.5) is 0 Å². The molecule has 0 aliphatic carbocycles. The first-order chi connectivity index (χ1) is 22.7. The molecular formula is C39H26N6O+2. The SMILES string of the molecule is Cc1c(-c2ccc(-c3cccnc3)nc2)c(C)[n+]2n1-c1cccc3c1C21c2c(ccc4c5ccccc5n(c24)-c2cccc[n+]21)O3. The van der Waals surface area contributed by atoms with Gasteiger partial charge in [-0.1, -0.05) is 35.0 Å². The second kappa shape index (κ2) is 8.14. The number of pyridine rings is 3. The summed E-state index contributed by atoms with van der Waals surface area (Å²) in [5.41, 5.74) is 11.6. The Morgan fingerprint density at radius 2 is 1.63 bits per heavy atom. The van der Waals surface area contributed by atoms with Crippen LogP contribution in [-0.2, 0) is 5.66 Å². The minimum Gasteiger partial charge on any atom is -0.456 e. The molecule has 3 aliphatic rings. The summed E-state index contributed by atoms with van der Waals surface area (Å²) in [4.78, 5) is 9.18. The largest absolute Gasteiger partial charge is 0.456 e. The van der Waals surface area contributed by atoms with E-state index in [0.717, 1.165) is 62.3 Å². The predicted molar refractivity (Wildman–Crippen MR) is 175 cm³/mol. The maximum atomic E-state index is 6.82. The van der Waals surface area contributed by atoms with E-state index in [2.05, 4.69) is 128 Å². The number of aromatic nitrogens is 6. The number of nitrogens with zero attached hydrogens (tertiary/aromatic N) is 6. The van der Waals surface area contributed by atoms with Crippen molar-refractivity contribution in [2.24, 2.45) is 0 Å². The second-order valence-electron chi connectivity index (χ2n) is 12.4. The van der Waals surface area contributed by atoms with Crippen LogP contribution < -0.4 is 14.0 Å². The van der Waals surface area contributed by atoms with E-state index in [9.17, 15) is 0 Å². The first-order valence-electron chi connectivity index (χ1n) is 15.6. The summed E-state index contributed by atoms with van der Waals surface area (Å²) in [6.45, 7) is 4.47. The predicted octanol–water partition coefficient (Wildman–Crippen LogP) is 6.92. The molecule has 8 aromatic rings. The van der Waals surface area contributed by atoms with E-state index in [4.69, 9.17) is 9.72 Å². The number of para-hydroxylation sites is 1. The Labute approximate surface area is 263 Å². The molecule has 0 amide bonds. The van der Waals surface area contributed by atoms with Crippen molar-refractivity contribution in [3.8, 4) is 45.4 Å². The van der Waals surface area contributed by atoms with Crippen molar-refractivity contribution in [2.45, 2.75) is 19.5 Å². The van der Waals surface area contributed by atoms with Crippen molar-refractivity contribution in [1.82, 2.24) is 19.2 Å². The Balaban J connectivity index is 1.29. The molecule has 3 aliphatic heterocycles. The number of hydrogen-bond donors (Lipinski definition) is 0. The maximum Gasteiger partial charge on any atom is 0.397 e. The molecule has 0 N–H and O–H groups in total. The quantitative estimate of drug-likeness (QED) is 0.204. The van der Waals surface area contributed by atoms with Crippen molar-refractivity contribution in [3.63, 3.8) is 0 Å². The molecule has 3 aromatic carbocycles. The summed E-state index contributed by atoms with van der Waals surface area (Å²) in [7, 11) is 0. The van der Waals surface area contributed by atoms with Crippen LogP contribution in [0.15, 0.2) is 122 Å². The average molecular weight is 595 g/mol. The maximum absolute atomic E-state index is 6.82. The molecule has 0 bridgehead atoms. The monoisotopic (exact) mass is 594 g/mol. The normalized spacial score (nSPS) is 16.3. The van der Waals surface area contributed by atoms with Crippen LogP contribution in [0.3, 0.4) is 0 Å². The number of rotatable bonds is 2. The van der Waals surface area contributed by atoms with Crippen molar-refractivity contribution >= 4 is 21.8 Å². The second-order valence-corrected chi connectivity index (χ2v) is 12.4. The fraction of sp³-hybridized carbons (Fsp3) is 0.0769. The summed E-state index contributed by atoms with van der Waals surface area (Å²) < 4.78 is 16.6. The minimum atomic E-state index is -0.712. The lowest BCUT2D eigenvalue weighted by molar-refractivity contribution is -0.995. The molecule has 7 nitrogen and oxygen atoms in total. The van der Waals surface area contributed by atoms with Crippen molar-refractivity contribution in [1.29, 1.82) is 0 Å². The molecule has 11 rings (SSSR count). The van der Waals surface area contributed by atoms with Gasteiger partial charge in [-0.3, -0.25) is 9.97 Å². The highest BCUT2D eigenvalue weighted by Crippen LogP contribution is 2.56. The van der Waals surface area contributed by atoms with E-state index >= 15 is 0 Å². The molecule has 1 spiro atoms. The minimum absolute atomic E-state index is 0.712. The summed E-state index contributed by atoms with van der Waals surface area (Å²) in [6.07, 6.45) is 7.88. The van der Waals surface area contributed by atoms with Crippen molar-refractivity contribution in [3.05, 3.63) is 144 Å². The first-order valence-corrected chi connectivity index (χ1v) is 15.6. The zero-order chi connectivity index (χ0) is 30.3. The molecule has 216 valence electrons. The molecule has 0 saturated carbocycles. The van der Waals surface area contributed by atoms with Gasteiger partial charge in [0, 0.05) is 53.5 Å². The third-order valence-corrected chi connectivity index (χ3v) is 10.2. The van der Waals surface area contributed by atoms with Crippen LogP contribution in [0.5, 0.6) is 11.5 Å². The smallest absolute Gasteiger partial charge is 0.397 e. The Hall–Kier alpha value is -6.08. The lowest BCUT2D eigenvalue weighted by atomic mass is 9.84. The Morgan fingerprint density at radius 3 is 2.50 bits per heavy atom. The van der Waals surface area contributed by atoms with Gasteiger partial charge in [-0.15, -0.1) is 4.68 Å². The highest BCUT2D eigenvalue weighted by Gasteiger charge is 2.69. The molecule has 5 aromatic heterocycles. The summed E-state index contributed by atoms with van der Waals surface area (Å²) in [5, 5.41) is 2.46. The lowest BCUT2D eigenvalue weighted by Gasteiger charge is -2.33. The van der Waals surface area contributed by atoms with Crippen LogP contribution in [-0.4, -0.2) is 19.2 Å². The lowest BCUT2D eigenvalue weighted by Crippen LogP contribution is -2.77. The van der Waals surface area contributed by atoms with Gasteiger partial charge in [-0.2, -0.15) is 9.13 Å². The van der Waals surface area contributed by atoms with E-state index in [1.54, 1.807) is 6.20 Å². The van der Waals surface area contributed by atoms with E-state index < -0.39 is 5.66 Å². The van der Waals surface area contributed by atoms with Crippen LogP contribution in [0.1, 0.15) is 22.5 Å². The van der Waals surface area contributed by atoms with Crippen LogP contribution in [0.2, 0.25) is 0 Å². The molecule has 7 heteroatoms. The zero-order valence-corrected chi connectivity index (χ0v) is 25.1. The van der Waals surface area contributed by atoms with Gasteiger partial charge in [-0.05, 0) is 67.6 Å². The molecule has 1 unspecified atom stereocenters. The van der Waals surface area contributed by atoms with Gasteiger partial charge in [0.2, 0.25) is 5.69 Å². The van der Waals surface area contributed by atoms with Crippen LogP contribution >= 0.6 is 0 Å². The molecule has 1 atom stereocenters. The zero-order valence-electron chi connectivity index (χ0n) is 25.1. The van der Waals surface area contributed by atoms with E-state index in [0.29, 0.717) is 0 Å². The van der Waals surface area contributed by atoms with Gasteiger partial charge in [0.25, 0.3) is 5.82 Å². The first kappa shape index (κ1) is 24.3. The topological polar surface area (TPSA) is 52.6 Å². The van der Waals surface area contributed by atoms with Crippen molar-refractivity contribution in [2.75, 3.05) is 0 Å². The van der Waals surface area contributed by atoms with Crippen LogP contribution in [0, 0.1) is 13.8 Å². The molecule has 46 heavy (non-hydrogen) atoms.